The van der Waals surface area contributed by atoms with Crippen molar-refractivity contribution in [2.45, 2.75) is 46.6 Å². The van der Waals surface area contributed by atoms with Crippen LogP contribution in [0.1, 0.15) is 37.9 Å². The molecule has 0 fully saturated rings. The van der Waals surface area contributed by atoms with E-state index in [1.807, 2.05) is 0 Å². The van der Waals surface area contributed by atoms with Gasteiger partial charge in [-0.15, -0.1) is 0 Å². The van der Waals surface area contributed by atoms with Crippen LogP contribution in [0.5, 0.6) is 0 Å². The van der Waals surface area contributed by atoms with Gasteiger partial charge in [0.05, 0.1) is 6.54 Å². The van der Waals surface area contributed by atoms with Crippen LogP contribution in [-0.2, 0) is 12.0 Å². The third-order valence-corrected chi connectivity index (χ3v) is 3.33. The highest BCUT2D eigenvalue weighted by molar-refractivity contribution is 5.34. The van der Waals surface area contributed by atoms with Crippen LogP contribution < -0.4 is 0 Å². The standard InChI is InChI=1S/C15H22FN3/c1-11-6-7-12(2)19(11)14-10-13(15(3,4)5)18(17-14)9-8-16/h6-7,10H,8-9H2,1-5H3. The van der Waals surface area contributed by atoms with Crippen LogP contribution in [0, 0.1) is 13.8 Å². The number of hydrogen-bond acceptors (Lipinski definition) is 1. The Morgan fingerprint density at radius 3 is 2.21 bits per heavy atom. The van der Waals surface area contributed by atoms with Crippen LogP contribution in [0.15, 0.2) is 18.2 Å². The second-order valence-electron chi connectivity index (χ2n) is 6.00. The van der Waals surface area contributed by atoms with Crippen molar-refractivity contribution in [3.63, 3.8) is 0 Å². The van der Waals surface area contributed by atoms with Gasteiger partial charge < -0.3 is 4.57 Å². The molecule has 0 bridgehead atoms. The number of nitrogens with zero attached hydrogens (tertiary/aromatic N) is 3. The van der Waals surface area contributed by atoms with Gasteiger partial charge in [0.1, 0.15) is 6.67 Å². The molecule has 0 spiro atoms. The summed E-state index contributed by atoms with van der Waals surface area (Å²) in [5.74, 6) is 0.873. The molecule has 2 aromatic heterocycles. The molecule has 0 saturated heterocycles. The minimum atomic E-state index is -0.395. The topological polar surface area (TPSA) is 22.8 Å². The predicted molar refractivity (Wildman–Crippen MR) is 75.7 cm³/mol. The van der Waals surface area contributed by atoms with E-state index in [-0.39, 0.29) is 5.41 Å². The van der Waals surface area contributed by atoms with Crippen molar-refractivity contribution in [3.05, 3.63) is 35.3 Å². The van der Waals surface area contributed by atoms with Gasteiger partial charge in [0.25, 0.3) is 0 Å². The number of halogens is 1. The third-order valence-electron chi connectivity index (χ3n) is 3.33. The summed E-state index contributed by atoms with van der Waals surface area (Å²) < 4.78 is 16.6. The Kier molecular flexibility index (Phi) is 3.52. The summed E-state index contributed by atoms with van der Waals surface area (Å²) in [5.41, 5.74) is 3.30. The minimum Gasteiger partial charge on any atom is -0.302 e. The molecule has 19 heavy (non-hydrogen) atoms. The zero-order valence-electron chi connectivity index (χ0n) is 12.4. The van der Waals surface area contributed by atoms with Gasteiger partial charge in [0.15, 0.2) is 5.82 Å². The summed E-state index contributed by atoms with van der Waals surface area (Å²) in [7, 11) is 0. The first-order chi connectivity index (χ1) is 8.84. The van der Waals surface area contributed by atoms with Gasteiger partial charge in [-0.05, 0) is 26.0 Å². The normalized spacial score (nSPS) is 12.1. The third kappa shape index (κ3) is 2.57. The molecule has 0 aliphatic heterocycles. The molecule has 0 N–H and O–H groups in total. The van der Waals surface area contributed by atoms with Crippen LogP contribution in [0.25, 0.3) is 5.82 Å². The summed E-state index contributed by atoms with van der Waals surface area (Å²) in [6.07, 6.45) is 0. The largest absolute Gasteiger partial charge is 0.302 e. The number of aryl methyl sites for hydroxylation is 3. The molecule has 2 heterocycles. The van der Waals surface area contributed by atoms with Crippen molar-refractivity contribution in [2.24, 2.45) is 0 Å². The maximum absolute atomic E-state index is 12.7. The lowest BCUT2D eigenvalue weighted by Crippen LogP contribution is -2.19. The van der Waals surface area contributed by atoms with Crippen molar-refractivity contribution in [1.82, 2.24) is 14.3 Å². The molecular formula is C15H22FN3. The average molecular weight is 263 g/mol. The smallest absolute Gasteiger partial charge is 0.159 e. The molecule has 2 aromatic rings. The van der Waals surface area contributed by atoms with Crippen LogP contribution in [0.3, 0.4) is 0 Å². The van der Waals surface area contributed by atoms with E-state index < -0.39 is 6.67 Å². The second kappa shape index (κ2) is 4.83. The van der Waals surface area contributed by atoms with E-state index >= 15 is 0 Å². The molecule has 0 radical (unpaired) electrons. The predicted octanol–water partition coefficient (Wildman–Crippen LogP) is 3.56. The minimum absolute atomic E-state index is 0.0462. The molecule has 4 heteroatoms. The lowest BCUT2D eigenvalue weighted by Gasteiger charge is -2.19. The molecule has 0 unspecified atom stereocenters. The fourth-order valence-corrected chi connectivity index (χ4v) is 2.40. The zero-order chi connectivity index (χ0) is 14.2. The van der Waals surface area contributed by atoms with Gasteiger partial charge in [-0.2, -0.15) is 5.10 Å². The van der Waals surface area contributed by atoms with Crippen molar-refractivity contribution in [1.29, 1.82) is 0 Å². The van der Waals surface area contributed by atoms with Gasteiger partial charge in [-0.25, -0.2) is 4.39 Å². The molecule has 0 amide bonds. The summed E-state index contributed by atoms with van der Waals surface area (Å²) in [4.78, 5) is 0. The number of hydrogen-bond donors (Lipinski definition) is 0. The average Bonchev–Trinajstić information content (AvgIpc) is 2.83. The Balaban J connectivity index is 2.55. The second-order valence-corrected chi connectivity index (χ2v) is 6.00. The van der Waals surface area contributed by atoms with E-state index in [9.17, 15) is 4.39 Å². The van der Waals surface area contributed by atoms with Gasteiger partial charge >= 0.3 is 0 Å². The van der Waals surface area contributed by atoms with Crippen LogP contribution >= 0.6 is 0 Å². The monoisotopic (exact) mass is 263 g/mol. The Bertz CT molecular complexity index is 553. The van der Waals surface area contributed by atoms with Crippen molar-refractivity contribution in [2.75, 3.05) is 6.67 Å². The molecule has 0 aliphatic carbocycles. The first-order valence-electron chi connectivity index (χ1n) is 6.64. The van der Waals surface area contributed by atoms with E-state index in [1.165, 1.54) is 0 Å². The van der Waals surface area contributed by atoms with Crippen molar-refractivity contribution < 1.29 is 4.39 Å². The lowest BCUT2D eigenvalue weighted by atomic mass is 9.92. The molecular weight excluding hydrogens is 241 g/mol. The Hall–Kier alpha value is -1.58. The first-order valence-corrected chi connectivity index (χ1v) is 6.64. The number of aromatic nitrogens is 3. The van der Waals surface area contributed by atoms with E-state index in [0.717, 1.165) is 22.9 Å². The van der Waals surface area contributed by atoms with Gasteiger partial charge in [-0.3, -0.25) is 4.68 Å². The van der Waals surface area contributed by atoms with Crippen LogP contribution in [0.2, 0.25) is 0 Å². The molecule has 3 nitrogen and oxygen atoms in total. The Morgan fingerprint density at radius 1 is 1.16 bits per heavy atom. The highest BCUT2D eigenvalue weighted by Crippen LogP contribution is 2.25. The van der Waals surface area contributed by atoms with Crippen LogP contribution in [-0.4, -0.2) is 21.0 Å². The molecule has 0 saturated carbocycles. The highest BCUT2D eigenvalue weighted by atomic mass is 19.1. The molecule has 104 valence electrons. The summed E-state index contributed by atoms with van der Waals surface area (Å²) in [6.45, 7) is 10.4. The Labute approximate surface area is 114 Å². The summed E-state index contributed by atoms with van der Waals surface area (Å²) >= 11 is 0. The summed E-state index contributed by atoms with van der Waals surface area (Å²) in [6, 6.07) is 6.20. The fraction of sp³-hybridized carbons (Fsp3) is 0.533. The van der Waals surface area contributed by atoms with Gasteiger partial charge in [0.2, 0.25) is 0 Å². The van der Waals surface area contributed by atoms with E-state index in [0.29, 0.717) is 6.54 Å². The number of alkyl halides is 1. The number of rotatable bonds is 3. The lowest BCUT2D eigenvalue weighted by molar-refractivity contribution is 0.400. The van der Waals surface area contributed by atoms with Gasteiger partial charge in [0, 0.05) is 28.6 Å². The SMILES string of the molecule is Cc1ccc(C)n1-c1cc(C(C)(C)C)n(CCF)n1. The Morgan fingerprint density at radius 2 is 1.74 bits per heavy atom. The maximum atomic E-state index is 12.7. The molecule has 0 atom stereocenters. The molecule has 0 aliphatic rings. The first kappa shape index (κ1) is 13.8. The maximum Gasteiger partial charge on any atom is 0.159 e. The van der Waals surface area contributed by atoms with E-state index in [4.69, 9.17) is 0 Å². The quantitative estimate of drug-likeness (QED) is 0.830. The van der Waals surface area contributed by atoms with Crippen LogP contribution in [0.4, 0.5) is 4.39 Å². The highest BCUT2D eigenvalue weighted by Gasteiger charge is 2.22. The van der Waals surface area contributed by atoms with E-state index in [2.05, 4.69) is 62.5 Å². The molecule has 2 rings (SSSR count). The van der Waals surface area contributed by atoms with Crippen molar-refractivity contribution >= 4 is 0 Å². The summed E-state index contributed by atoms with van der Waals surface area (Å²) in [5, 5.41) is 4.57. The van der Waals surface area contributed by atoms with Gasteiger partial charge in [-0.1, -0.05) is 20.8 Å². The van der Waals surface area contributed by atoms with E-state index in [1.54, 1.807) is 4.68 Å². The molecule has 0 aromatic carbocycles. The van der Waals surface area contributed by atoms with Crippen molar-refractivity contribution in [3.8, 4) is 5.82 Å². The fourth-order valence-electron chi connectivity index (χ4n) is 2.40. The zero-order valence-corrected chi connectivity index (χ0v) is 12.4.